The van der Waals surface area contributed by atoms with E-state index in [9.17, 15) is 14.7 Å². The summed E-state index contributed by atoms with van der Waals surface area (Å²) in [5.41, 5.74) is 0.279. The molecule has 0 aromatic carbocycles. The zero-order valence-corrected chi connectivity index (χ0v) is 12.0. The maximum absolute atomic E-state index is 13.1. The fourth-order valence-corrected chi connectivity index (χ4v) is 5.83. The van der Waals surface area contributed by atoms with Gasteiger partial charge in [-0.1, -0.05) is 12.2 Å². The molecule has 2 fully saturated rings. The summed E-state index contributed by atoms with van der Waals surface area (Å²) in [4.78, 5) is 26.2. The SMILES string of the molecule is O=C1C2=C(C(=O)C3C4C=CC(CC4)C13)C1(O)CCC2CC1. The molecule has 4 atom stereocenters. The zero-order chi connectivity index (χ0) is 14.4. The number of carbonyl (C=O) groups excluding carboxylic acids is 2. The first-order valence-corrected chi connectivity index (χ1v) is 8.34. The lowest BCUT2D eigenvalue weighted by molar-refractivity contribution is -0.141. The number of carbonyl (C=O) groups is 2. The van der Waals surface area contributed by atoms with E-state index in [0.29, 0.717) is 18.4 Å². The highest BCUT2D eigenvalue weighted by molar-refractivity contribution is 6.16. The van der Waals surface area contributed by atoms with E-state index in [1.54, 1.807) is 0 Å². The molecule has 7 aliphatic carbocycles. The van der Waals surface area contributed by atoms with Gasteiger partial charge in [-0.15, -0.1) is 0 Å². The van der Waals surface area contributed by atoms with Gasteiger partial charge >= 0.3 is 0 Å². The summed E-state index contributed by atoms with van der Waals surface area (Å²) in [6, 6.07) is 0. The lowest BCUT2D eigenvalue weighted by Crippen LogP contribution is -2.57. The van der Waals surface area contributed by atoms with Crippen molar-refractivity contribution in [1.82, 2.24) is 0 Å². The molecule has 110 valence electrons. The number of fused-ring (bicyclic) bond motifs is 3. The highest BCUT2D eigenvalue weighted by Gasteiger charge is 2.59. The summed E-state index contributed by atoms with van der Waals surface area (Å²) >= 11 is 0. The van der Waals surface area contributed by atoms with E-state index in [0.717, 1.165) is 31.3 Å². The molecule has 3 heteroatoms. The van der Waals surface area contributed by atoms with E-state index in [-0.39, 0.29) is 41.2 Å². The molecule has 4 bridgehead atoms. The van der Waals surface area contributed by atoms with E-state index < -0.39 is 5.60 Å². The Morgan fingerprint density at radius 3 is 2.05 bits per heavy atom. The minimum Gasteiger partial charge on any atom is -0.385 e. The van der Waals surface area contributed by atoms with Crippen LogP contribution in [0.4, 0.5) is 0 Å². The largest absolute Gasteiger partial charge is 0.385 e. The second-order valence-electron chi connectivity index (χ2n) is 7.66. The normalized spacial score (nSPS) is 50.4. The molecule has 4 unspecified atom stereocenters. The van der Waals surface area contributed by atoms with E-state index >= 15 is 0 Å². The van der Waals surface area contributed by atoms with E-state index in [1.807, 2.05) is 0 Å². The van der Waals surface area contributed by atoms with Gasteiger partial charge in [0.05, 0.1) is 5.60 Å². The van der Waals surface area contributed by atoms with Crippen molar-refractivity contribution < 1.29 is 14.7 Å². The third-order valence-electron chi connectivity index (χ3n) is 6.82. The molecule has 7 rings (SSSR count). The molecule has 0 saturated heterocycles. The van der Waals surface area contributed by atoms with Crippen molar-refractivity contribution in [3.05, 3.63) is 23.3 Å². The Bertz CT molecular complexity index is 618. The number of aliphatic hydroxyl groups is 1. The van der Waals surface area contributed by atoms with Crippen LogP contribution in [0.2, 0.25) is 0 Å². The Hall–Kier alpha value is -1.22. The highest BCUT2D eigenvalue weighted by Crippen LogP contribution is 2.57. The first-order valence-electron chi connectivity index (χ1n) is 8.34. The molecule has 0 aromatic rings. The van der Waals surface area contributed by atoms with Gasteiger partial charge in [-0.2, -0.15) is 0 Å². The van der Waals surface area contributed by atoms with Crippen LogP contribution in [-0.2, 0) is 9.59 Å². The van der Waals surface area contributed by atoms with Gasteiger partial charge in [-0.05, 0) is 56.3 Å². The van der Waals surface area contributed by atoms with Crippen molar-refractivity contribution in [2.45, 2.75) is 44.1 Å². The van der Waals surface area contributed by atoms with Crippen molar-refractivity contribution in [3.8, 4) is 0 Å². The van der Waals surface area contributed by atoms with Gasteiger partial charge in [0, 0.05) is 23.0 Å². The summed E-state index contributed by atoms with van der Waals surface area (Å²) < 4.78 is 0. The number of allylic oxidation sites excluding steroid dienone is 3. The molecule has 0 heterocycles. The minimum atomic E-state index is -0.998. The molecule has 0 amide bonds. The second kappa shape index (κ2) is 3.75. The predicted octanol–water partition coefficient (Wildman–Crippen LogP) is 2.20. The van der Waals surface area contributed by atoms with Gasteiger partial charge in [0.15, 0.2) is 11.6 Å². The average molecular weight is 284 g/mol. The third kappa shape index (κ3) is 1.34. The molecule has 0 radical (unpaired) electrons. The topological polar surface area (TPSA) is 54.4 Å². The van der Waals surface area contributed by atoms with Crippen LogP contribution in [0.1, 0.15) is 38.5 Å². The van der Waals surface area contributed by atoms with Gasteiger partial charge in [0.2, 0.25) is 0 Å². The Kier molecular flexibility index (Phi) is 2.20. The zero-order valence-electron chi connectivity index (χ0n) is 12.0. The van der Waals surface area contributed by atoms with Gasteiger partial charge < -0.3 is 5.11 Å². The van der Waals surface area contributed by atoms with Crippen molar-refractivity contribution in [3.63, 3.8) is 0 Å². The number of Topliss-reactive ketones (excluding diaryl/α,β-unsaturated/α-hetero) is 2. The van der Waals surface area contributed by atoms with Crippen molar-refractivity contribution in [2.75, 3.05) is 0 Å². The molecule has 21 heavy (non-hydrogen) atoms. The van der Waals surface area contributed by atoms with E-state index in [1.165, 1.54) is 0 Å². The Labute approximate surface area is 124 Å². The number of hydrogen-bond donors (Lipinski definition) is 1. The molecule has 0 aliphatic heterocycles. The number of ketones is 2. The maximum atomic E-state index is 13.1. The Balaban J connectivity index is 1.72. The number of rotatable bonds is 0. The van der Waals surface area contributed by atoms with Gasteiger partial charge in [-0.25, -0.2) is 0 Å². The van der Waals surface area contributed by atoms with Crippen LogP contribution in [0.5, 0.6) is 0 Å². The van der Waals surface area contributed by atoms with Crippen molar-refractivity contribution in [2.24, 2.45) is 29.6 Å². The Morgan fingerprint density at radius 1 is 0.905 bits per heavy atom. The summed E-state index contributed by atoms with van der Waals surface area (Å²) in [7, 11) is 0. The molecule has 0 aromatic heterocycles. The molecular formula is C18H20O3. The highest BCUT2D eigenvalue weighted by atomic mass is 16.3. The lowest BCUT2D eigenvalue weighted by Gasteiger charge is -2.53. The first kappa shape index (κ1) is 12.3. The summed E-state index contributed by atoms with van der Waals surface area (Å²) in [5.74, 6) is 0.717. The summed E-state index contributed by atoms with van der Waals surface area (Å²) in [6.07, 6.45) is 9.45. The summed E-state index contributed by atoms with van der Waals surface area (Å²) in [6.45, 7) is 0. The van der Waals surface area contributed by atoms with E-state index in [2.05, 4.69) is 12.2 Å². The fourth-order valence-electron chi connectivity index (χ4n) is 5.83. The lowest BCUT2D eigenvalue weighted by atomic mass is 9.50. The minimum absolute atomic E-state index is 0.112. The standard InChI is InChI=1S/C18H20O3/c19-16-12-9-1-3-10(4-2-9)13(12)17(20)15-14(16)11-5-7-18(15,21)8-6-11/h1,3,9-13,21H,2,4-8H2. The average Bonchev–Trinajstić information content (AvgIpc) is 2.52. The van der Waals surface area contributed by atoms with Crippen LogP contribution in [0, 0.1) is 29.6 Å². The van der Waals surface area contributed by atoms with Crippen LogP contribution >= 0.6 is 0 Å². The Morgan fingerprint density at radius 2 is 1.48 bits per heavy atom. The molecule has 7 aliphatic rings. The van der Waals surface area contributed by atoms with Crippen molar-refractivity contribution in [1.29, 1.82) is 0 Å². The maximum Gasteiger partial charge on any atom is 0.166 e. The van der Waals surface area contributed by atoms with Crippen LogP contribution < -0.4 is 0 Å². The molecule has 0 spiro atoms. The molecule has 1 N–H and O–H groups in total. The van der Waals surface area contributed by atoms with Gasteiger partial charge in [0.1, 0.15) is 0 Å². The molecule has 3 nitrogen and oxygen atoms in total. The smallest absolute Gasteiger partial charge is 0.166 e. The monoisotopic (exact) mass is 284 g/mol. The quantitative estimate of drug-likeness (QED) is 0.694. The predicted molar refractivity (Wildman–Crippen MR) is 76.3 cm³/mol. The fraction of sp³-hybridized carbons (Fsp3) is 0.667. The van der Waals surface area contributed by atoms with Gasteiger partial charge in [0.25, 0.3) is 0 Å². The summed E-state index contributed by atoms with van der Waals surface area (Å²) in [5, 5.41) is 10.9. The van der Waals surface area contributed by atoms with Gasteiger partial charge in [-0.3, -0.25) is 9.59 Å². The van der Waals surface area contributed by atoms with Crippen LogP contribution in [0.25, 0.3) is 0 Å². The molecule has 2 saturated carbocycles. The van der Waals surface area contributed by atoms with Crippen LogP contribution in [-0.4, -0.2) is 22.3 Å². The number of hydrogen-bond acceptors (Lipinski definition) is 3. The van der Waals surface area contributed by atoms with E-state index in [4.69, 9.17) is 0 Å². The van der Waals surface area contributed by atoms with Crippen LogP contribution in [0.3, 0.4) is 0 Å². The molecular weight excluding hydrogens is 264 g/mol. The van der Waals surface area contributed by atoms with Crippen LogP contribution in [0.15, 0.2) is 23.3 Å². The second-order valence-corrected chi connectivity index (χ2v) is 7.66. The van der Waals surface area contributed by atoms with Crippen molar-refractivity contribution >= 4 is 11.6 Å². The third-order valence-corrected chi connectivity index (χ3v) is 6.82. The first-order chi connectivity index (χ1) is 10.1.